The molecule has 4 N–H and O–H groups in total. The predicted octanol–water partition coefficient (Wildman–Crippen LogP) is 3.08. The Bertz CT molecular complexity index is 1620. The highest BCUT2D eigenvalue weighted by molar-refractivity contribution is 7.89. The fourth-order valence-electron chi connectivity index (χ4n) is 4.65. The molecule has 42 heavy (non-hydrogen) atoms. The topological polar surface area (TPSA) is 151 Å². The number of halogens is 3. The van der Waals surface area contributed by atoms with E-state index in [0.717, 1.165) is 17.7 Å². The van der Waals surface area contributed by atoms with Crippen molar-refractivity contribution in [1.29, 1.82) is 5.41 Å². The van der Waals surface area contributed by atoms with Gasteiger partial charge < -0.3 is 25.0 Å². The minimum Gasteiger partial charge on any atom is -0.477 e. The summed E-state index contributed by atoms with van der Waals surface area (Å²) in [6.07, 6.45) is -3.41. The average molecular weight is 609 g/mol. The van der Waals surface area contributed by atoms with Crippen LogP contribution in [0.1, 0.15) is 35.0 Å². The molecular weight excluding hydrogens is 577 g/mol. The van der Waals surface area contributed by atoms with Crippen LogP contribution in [0.15, 0.2) is 58.4 Å². The third-order valence-electron chi connectivity index (χ3n) is 6.98. The van der Waals surface area contributed by atoms with E-state index >= 15 is 0 Å². The highest BCUT2D eigenvalue weighted by Crippen LogP contribution is 2.28. The summed E-state index contributed by atoms with van der Waals surface area (Å²) in [5, 5.41) is 31.7. The van der Waals surface area contributed by atoms with E-state index in [-0.39, 0.29) is 30.7 Å². The number of aliphatic hydroxyl groups excluding tert-OH is 1. The smallest absolute Gasteiger partial charge is 0.473 e. The Kier molecular flexibility index (Phi) is 9.06. The zero-order valence-corrected chi connectivity index (χ0v) is 23.7. The quantitative estimate of drug-likeness (QED) is 0.244. The number of aromatic carboxylic acids is 1. The Balaban J connectivity index is 1.51. The number of sulfonamides is 1. The fourth-order valence-corrected chi connectivity index (χ4v) is 5.79. The minimum atomic E-state index is -5.10. The molecule has 2 unspecified atom stereocenters. The van der Waals surface area contributed by atoms with Crippen molar-refractivity contribution in [3.8, 4) is 0 Å². The summed E-state index contributed by atoms with van der Waals surface area (Å²) in [7, 11) is -4.43. The van der Waals surface area contributed by atoms with Crippen LogP contribution in [-0.2, 0) is 23.0 Å². The van der Waals surface area contributed by atoms with Crippen LogP contribution < -0.4 is 5.32 Å². The highest BCUT2D eigenvalue weighted by atomic mass is 32.2. The van der Waals surface area contributed by atoms with Crippen LogP contribution >= 0.6 is 0 Å². The molecular formula is C27H31F3N6O5S. The zero-order chi connectivity index (χ0) is 30.8. The summed E-state index contributed by atoms with van der Waals surface area (Å²) in [5.41, 5.74) is 1.71. The number of nitrogens with zero attached hydrogens (tertiary/aromatic N) is 4. The van der Waals surface area contributed by atoms with Gasteiger partial charge in [0.05, 0.1) is 11.2 Å². The minimum absolute atomic E-state index is 0.0438. The molecule has 2 heterocycles. The van der Waals surface area contributed by atoms with Gasteiger partial charge >= 0.3 is 12.3 Å². The lowest BCUT2D eigenvalue weighted by atomic mass is 10.1. The monoisotopic (exact) mass is 608 g/mol. The molecule has 1 aliphatic heterocycles. The molecule has 2 atom stereocenters. The number of aliphatic imine (C=N–C) groups is 1. The van der Waals surface area contributed by atoms with Gasteiger partial charge in [0.25, 0.3) is 0 Å². The van der Waals surface area contributed by atoms with E-state index in [1.807, 2.05) is 19.1 Å². The van der Waals surface area contributed by atoms with E-state index in [0.29, 0.717) is 42.9 Å². The van der Waals surface area contributed by atoms with Crippen molar-refractivity contribution >= 4 is 39.1 Å². The molecule has 15 heteroatoms. The van der Waals surface area contributed by atoms with Crippen LogP contribution in [0.3, 0.4) is 0 Å². The Hall–Kier alpha value is -3.79. The molecule has 0 bridgehead atoms. The van der Waals surface area contributed by atoms with Crippen LogP contribution in [-0.4, -0.2) is 89.3 Å². The first-order valence-electron chi connectivity index (χ1n) is 13.0. The normalized spacial score (nSPS) is 15.9. The standard InChI is InChI=1S/C27H31F3N6O5S/c1-17(32-14-25(37)35-9-8-24(31)33-16-35)10-18-6-7-22-20(11-18)13-23(26(38)39)36(22)15-19-4-3-5-21(12-19)42(40,41)34(2)27(28,29)30/h3-7,11-13,16-17,25,31-32,37H,8-10,14-15H2,1-2H3,(H,38,39). The molecule has 2 aromatic carbocycles. The number of hydrogen-bond donors (Lipinski definition) is 4. The summed E-state index contributed by atoms with van der Waals surface area (Å²) in [4.78, 5) is 17.1. The first kappa shape index (κ1) is 31.2. The number of carbonyl (C=O) groups is 1. The molecule has 0 amide bonds. The number of amidine groups is 1. The van der Waals surface area contributed by atoms with Crippen molar-refractivity contribution in [2.24, 2.45) is 4.99 Å². The van der Waals surface area contributed by atoms with Gasteiger partial charge in [-0.1, -0.05) is 18.2 Å². The van der Waals surface area contributed by atoms with Gasteiger partial charge in [0.1, 0.15) is 17.8 Å². The summed E-state index contributed by atoms with van der Waals surface area (Å²) < 4.78 is 65.0. The molecule has 0 aliphatic carbocycles. The number of fused-ring (bicyclic) bond motifs is 1. The number of carboxylic acids is 1. The summed E-state index contributed by atoms with van der Waals surface area (Å²) in [5.74, 6) is -0.945. The van der Waals surface area contributed by atoms with Gasteiger partial charge in [0.2, 0.25) is 10.0 Å². The second-order valence-corrected chi connectivity index (χ2v) is 12.0. The van der Waals surface area contributed by atoms with Crippen LogP contribution in [0.5, 0.6) is 0 Å². The van der Waals surface area contributed by atoms with Crippen molar-refractivity contribution in [3.05, 3.63) is 65.4 Å². The van der Waals surface area contributed by atoms with Gasteiger partial charge in [-0.3, -0.25) is 5.41 Å². The molecule has 1 aliphatic rings. The maximum atomic E-state index is 13.1. The lowest BCUT2D eigenvalue weighted by Gasteiger charge is -2.29. The number of rotatable bonds is 11. The van der Waals surface area contributed by atoms with E-state index in [1.54, 1.807) is 11.0 Å². The van der Waals surface area contributed by atoms with Crippen LogP contribution in [0, 0.1) is 5.41 Å². The third kappa shape index (κ3) is 6.98. The van der Waals surface area contributed by atoms with Gasteiger partial charge in [-0.25, -0.2) is 18.2 Å². The van der Waals surface area contributed by atoms with E-state index in [2.05, 4.69) is 10.3 Å². The number of benzene rings is 2. The number of aliphatic hydroxyl groups is 1. The number of carboxylic acid groups (broad SMARTS) is 1. The van der Waals surface area contributed by atoms with Crippen LogP contribution in [0.25, 0.3) is 10.9 Å². The molecule has 0 spiro atoms. The first-order chi connectivity index (χ1) is 19.7. The Morgan fingerprint density at radius 1 is 1.19 bits per heavy atom. The van der Waals surface area contributed by atoms with Gasteiger partial charge in [0, 0.05) is 50.0 Å². The molecule has 0 saturated heterocycles. The molecule has 226 valence electrons. The lowest BCUT2D eigenvalue weighted by molar-refractivity contribution is -0.202. The summed E-state index contributed by atoms with van der Waals surface area (Å²) >= 11 is 0. The molecule has 11 nitrogen and oxygen atoms in total. The molecule has 0 fully saturated rings. The summed E-state index contributed by atoms with van der Waals surface area (Å²) in [6, 6.07) is 11.9. The van der Waals surface area contributed by atoms with E-state index in [1.165, 1.54) is 29.1 Å². The van der Waals surface area contributed by atoms with Gasteiger partial charge in [0.15, 0.2) is 0 Å². The molecule has 1 aromatic heterocycles. The van der Waals surface area contributed by atoms with Gasteiger partial charge in [-0.05, 0) is 54.8 Å². The first-order valence-corrected chi connectivity index (χ1v) is 14.4. The Labute approximate surface area is 240 Å². The van der Waals surface area contributed by atoms with Crippen LogP contribution in [0.4, 0.5) is 13.2 Å². The number of aromatic nitrogens is 1. The molecule has 0 radical (unpaired) electrons. The SMILES string of the molecule is CC(Cc1ccc2c(c1)cc(C(=O)O)n2Cc1cccc(S(=O)(=O)N(C)C(F)(F)F)c1)NCC(O)N1C=NC(=N)CC1. The van der Waals surface area contributed by atoms with Gasteiger partial charge in [-0.2, -0.15) is 13.2 Å². The van der Waals surface area contributed by atoms with E-state index in [9.17, 15) is 36.6 Å². The second kappa shape index (κ2) is 12.2. The van der Waals surface area contributed by atoms with Crippen LogP contribution in [0.2, 0.25) is 0 Å². The lowest BCUT2D eigenvalue weighted by Crippen LogP contribution is -2.46. The van der Waals surface area contributed by atoms with E-state index in [4.69, 9.17) is 5.41 Å². The van der Waals surface area contributed by atoms with Gasteiger partial charge in [-0.15, -0.1) is 4.31 Å². The summed E-state index contributed by atoms with van der Waals surface area (Å²) in [6.45, 7) is 2.64. The Morgan fingerprint density at radius 2 is 1.93 bits per heavy atom. The predicted molar refractivity (Wildman–Crippen MR) is 150 cm³/mol. The van der Waals surface area contributed by atoms with Crippen molar-refractivity contribution < 1.29 is 36.6 Å². The maximum Gasteiger partial charge on any atom is 0.473 e. The van der Waals surface area contributed by atoms with Crippen molar-refractivity contribution in [2.75, 3.05) is 20.1 Å². The zero-order valence-electron chi connectivity index (χ0n) is 22.8. The highest BCUT2D eigenvalue weighted by Gasteiger charge is 2.43. The second-order valence-electron chi connectivity index (χ2n) is 10.1. The average Bonchev–Trinajstić information content (AvgIpc) is 3.29. The maximum absolute atomic E-state index is 13.1. The Morgan fingerprint density at radius 3 is 2.57 bits per heavy atom. The molecule has 4 rings (SSSR count). The number of nitrogens with one attached hydrogen (secondary N) is 2. The third-order valence-corrected chi connectivity index (χ3v) is 8.76. The fraction of sp³-hybridized carbons (Fsp3) is 0.370. The molecule has 3 aromatic rings. The molecule has 0 saturated carbocycles. The number of alkyl halides is 3. The largest absolute Gasteiger partial charge is 0.477 e. The van der Waals surface area contributed by atoms with Crippen molar-refractivity contribution in [2.45, 2.75) is 49.8 Å². The van der Waals surface area contributed by atoms with E-state index < -0.39 is 37.7 Å². The number of hydrogen-bond acceptors (Lipinski definition) is 7. The van der Waals surface area contributed by atoms with Crippen molar-refractivity contribution in [3.63, 3.8) is 0 Å². The van der Waals surface area contributed by atoms with Crippen molar-refractivity contribution in [1.82, 2.24) is 19.1 Å².